The van der Waals surface area contributed by atoms with Gasteiger partial charge in [0.2, 0.25) is 11.8 Å². The highest BCUT2D eigenvalue weighted by Crippen LogP contribution is 2.59. The molecule has 4 aromatic rings. The fraction of sp³-hybridized carbons (Fsp3) is 0.421. The summed E-state index contributed by atoms with van der Waals surface area (Å²) >= 11 is 0. The summed E-state index contributed by atoms with van der Waals surface area (Å²) in [5, 5.41) is 5.01. The zero-order valence-corrected chi connectivity index (χ0v) is 29.2. The molecule has 270 valence electrons. The molecule has 0 bridgehead atoms. The molecule has 0 radical (unpaired) electrons. The summed E-state index contributed by atoms with van der Waals surface area (Å²) < 4.78 is 9.24. The summed E-state index contributed by atoms with van der Waals surface area (Å²) in [5.41, 5.74) is 6.16. The topological polar surface area (TPSA) is 175 Å². The minimum atomic E-state index is -0.626. The predicted octanol–water partition coefficient (Wildman–Crippen LogP) is 4.95. The second-order valence-electron chi connectivity index (χ2n) is 14.7. The van der Waals surface area contributed by atoms with Crippen molar-refractivity contribution in [3.63, 3.8) is 0 Å². The zero-order chi connectivity index (χ0) is 36.0. The summed E-state index contributed by atoms with van der Waals surface area (Å²) in [4.78, 5) is 69.2. The molecule has 2 aliphatic carbocycles. The van der Waals surface area contributed by atoms with Crippen LogP contribution in [-0.2, 0) is 19.1 Å². The molecule has 14 heteroatoms. The number of nitrogens with zero attached hydrogens (tertiary/aromatic N) is 4. The fourth-order valence-corrected chi connectivity index (χ4v) is 7.84. The van der Waals surface area contributed by atoms with Crippen LogP contribution in [0.3, 0.4) is 0 Å². The van der Waals surface area contributed by atoms with Crippen molar-refractivity contribution in [2.24, 2.45) is 10.8 Å². The number of benzene rings is 2. The quantitative estimate of drug-likeness (QED) is 0.189. The third-order valence-electron chi connectivity index (χ3n) is 11.3. The predicted molar refractivity (Wildman–Crippen MR) is 189 cm³/mol. The molecule has 2 aromatic heterocycles. The number of likely N-dealkylation sites (tertiary alicyclic amines) is 2. The van der Waals surface area contributed by atoms with Gasteiger partial charge in [-0.3, -0.25) is 9.59 Å². The first kappa shape index (κ1) is 33.5. The van der Waals surface area contributed by atoms with E-state index < -0.39 is 12.2 Å². The molecule has 2 aromatic carbocycles. The van der Waals surface area contributed by atoms with Crippen LogP contribution in [0.1, 0.15) is 62.3 Å². The average molecular weight is 707 g/mol. The van der Waals surface area contributed by atoms with E-state index in [0.717, 1.165) is 83.8 Å². The number of amides is 4. The second-order valence-corrected chi connectivity index (χ2v) is 14.7. The van der Waals surface area contributed by atoms with Crippen molar-refractivity contribution in [1.29, 1.82) is 0 Å². The maximum absolute atomic E-state index is 13.1. The monoisotopic (exact) mass is 706 g/mol. The number of alkyl carbamates (subject to hydrolysis) is 2. The maximum Gasteiger partial charge on any atom is 0.407 e. The van der Waals surface area contributed by atoms with E-state index >= 15 is 0 Å². The van der Waals surface area contributed by atoms with Gasteiger partial charge in [-0.05, 0) is 71.6 Å². The molecule has 2 spiro atoms. The zero-order valence-electron chi connectivity index (χ0n) is 29.2. The minimum absolute atomic E-state index is 0.112. The molecule has 4 fully saturated rings. The standard InChI is InChI=1S/C38H42N8O6/c1-51-35(49)41-19-31(47)45-21-37(11-12-37)15-29(45)33-39-17-27(43-33)25-7-3-23(4-8-25)24-5-9-26(10-6-24)28-18-40-34(44-28)30-16-38(13-14-38)22-46(30)32(48)20-42-36(50)52-2/h3-10,17-18,29-30H,11-16,19-22H2,1-2H3,(H,39,43)(H,40,44)(H,41,49)(H,42,50)/t29-,30-/m0/s1. The second kappa shape index (κ2) is 13.1. The van der Waals surface area contributed by atoms with Crippen molar-refractivity contribution >= 4 is 24.0 Å². The Morgan fingerprint density at radius 3 is 1.37 bits per heavy atom. The molecule has 2 atom stereocenters. The van der Waals surface area contributed by atoms with Gasteiger partial charge in [0.25, 0.3) is 0 Å². The Bertz CT molecular complexity index is 1850. The first-order valence-electron chi connectivity index (χ1n) is 17.7. The Hall–Kier alpha value is -5.66. The van der Waals surface area contributed by atoms with E-state index in [2.05, 4.69) is 88.6 Å². The third-order valence-corrected chi connectivity index (χ3v) is 11.3. The normalized spacial score (nSPS) is 20.6. The smallest absolute Gasteiger partial charge is 0.407 e. The number of imidazole rings is 2. The highest BCUT2D eigenvalue weighted by atomic mass is 16.5. The van der Waals surface area contributed by atoms with Crippen molar-refractivity contribution in [2.75, 3.05) is 40.4 Å². The molecule has 4 amide bonds. The number of hydrogen-bond donors (Lipinski definition) is 4. The Balaban J connectivity index is 0.923. The van der Waals surface area contributed by atoms with E-state index in [1.165, 1.54) is 14.2 Å². The number of carbonyl (C=O) groups is 4. The molecule has 4 aliphatic rings. The van der Waals surface area contributed by atoms with E-state index in [4.69, 9.17) is 0 Å². The number of hydrogen-bond acceptors (Lipinski definition) is 8. The average Bonchev–Trinajstić information content (AvgIpc) is 3.75. The number of nitrogens with one attached hydrogen (secondary N) is 4. The van der Waals surface area contributed by atoms with Crippen LogP contribution in [0.15, 0.2) is 60.9 Å². The molecule has 14 nitrogen and oxygen atoms in total. The van der Waals surface area contributed by atoms with E-state index in [1.54, 1.807) is 0 Å². The van der Waals surface area contributed by atoms with Crippen LogP contribution in [0.5, 0.6) is 0 Å². The number of rotatable bonds is 9. The summed E-state index contributed by atoms with van der Waals surface area (Å²) in [6.07, 6.45) is 8.47. The number of aromatic nitrogens is 4. The molecule has 0 unspecified atom stereocenters. The van der Waals surface area contributed by atoms with Gasteiger partial charge in [0.05, 0.1) is 50.1 Å². The first-order chi connectivity index (χ1) is 25.2. The molecule has 8 rings (SSSR count). The van der Waals surface area contributed by atoms with Crippen LogP contribution in [0.4, 0.5) is 9.59 Å². The molecule has 4 heterocycles. The van der Waals surface area contributed by atoms with Crippen LogP contribution >= 0.6 is 0 Å². The third kappa shape index (κ3) is 6.60. The molecule has 2 saturated carbocycles. The lowest BCUT2D eigenvalue weighted by Gasteiger charge is -2.23. The van der Waals surface area contributed by atoms with Gasteiger partial charge in [-0.2, -0.15) is 0 Å². The van der Waals surface area contributed by atoms with Gasteiger partial charge in [0, 0.05) is 13.1 Å². The molecule has 52 heavy (non-hydrogen) atoms. The fourth-order valence-electron chi connectivity index (χ4n) is 7.84. The van der Waals surface area contributed by atoms with Crippen LogP contribution < -0.4 is 10.6 Å². The molecular weight excluding hydrogens is 664 g/mol. The Morgan fingerprint density at radius 1 is 0.654 bits per heavy atom. The minimum Gasteiger partial charge on any atom is -0.453 e. The molecule has 2 aliphatic heterocycles. The number of carbonyl (C=O) groups excluding carboxylic acids is 4. The number of ether oxygens (including phenoxy) is 2. The number of H-pyrrole nitrogens is 2. The highest BCUT2D eigenvalue weighted by Gasteiger charge is 2.55. The van der Waals surface area contributed by atoms with Crippen molar-refractivity contribution < 1.29 is 28.7 Å². The highest BCUT2D eigenvalue weighted by molar-refractivity contribution is 5.84. The van der Waals surface area contributed by atoms with E-state index in [9.17, 15) is 19.2 Å². The number of aromatic amines is 2. The summed E-state index contributed by atoms with van der Waals surface area (Å²) in [6, 6.07) is 16.2. The summed E-state index contributed by atoms with van der Waals surface area (Å²) in [5.74, 6) is 1.21. The van der Waals surface area contributed by atoms with E-state index in [-0.39, 0.29) is 47.8 Å². The molecular formula is C38H42N8O6. The van der Waals surface area contributed by atoms with Crippen LogP contribution in [0, 0.1) is 10.8 Å². The van der Waals surface area contributed by atoms with E-state index in [0.29, 0.717) is 13.1 Å². The molecule has 2 saturated heterocycles. The molecule has 4 N–H and O–H groups in total. The van der Waals surface area contributed by atoms with Gasteiger partial charge in [0.15, 0.2) is 0 Å². The largest absolute Gasteiger partial charge is 0.453 e. The van der Waals surface area contributed by atoms with Gasteiger partial charge in [-0.15, -0.1) is 0 Å². The van der Waals surface area contributed by atoms with Crippen molar-refractivity contribution in [3.05, 3.63) is 72.6 Å². The Labute approximate surface area is 300 Å². The van der Waals surface area contributed by atoms with Gasteiger partial charge in [0.1, 0.15) is 24.7 Å². The van der Waals surface area contributed by atoms with Crippen LogP contribution in [-0.4, -0.2) is 94.1 Å². The lowest BCUT2D eigenvalue weighted by atomic mass is 10.0. The van der Waals surface area contributed by atoms with Crippen LogP contribution in [0.2, 0.25) is 0 Å². The first-order valence-corrected chi connectivity index (χ1v) is 17.7. The van der Waals surface area contributed by atoms with Crippen molar-refractivity contribution in [3.8, 4) is 33.6 Å². The summed E-state index contributed by atoms with van der Waals surface area (Å²) in [7, 11) is 2.55. The van der Waals surface area contributed by atoms with Crippen LogP contribution in [0.25, 0.3) is 33.6 Å². The summed E-state index contributed by atoms with van der Waals surface area (Å²) in [6.45, 7) is 1.11. The van der Waals surface area contributed by atoms with Gasteiger partial charge >= 0.3 is 12.2 Å². The van der Waals surface area contributed by atoms with Gasteiger partial charge in [-0.1, -0.05) is 48.5 Å². The van der Waals surface area contributed by atoms with Crippen molar-refractivity contribution in [2.45, 2.75) is 50.6 Å². The van der Waals surface area contributed by atoms with Crippen molar-refractivity contribution in [1.82, 2.24) is 40.4 Å². The van der Waals surface area contributed by atoms with Gasteiger partial charge < -0.3 is 39.9 Å². The SMILES string of the molecule is COC(=O)NCC(=O)N1CC2(CC2)C[C@H]1c1ncc(-c2ccc(-c3ccc(-c4cnc([C@@H]5CC6(CC6)CN5C(=O)CNC(=O)OC)[nH]4)cc3)cc2)[nH]1. The maximum atomic E-state index is 13.1. The Morgan fingerprint density at radius 2 is 1.02 bits per heavy atom. The lowest BCUT2D eigenvalue weighted by molar-refractivity contribution is -0.132. The van der Waals surface area contributed by atoms with E-state index in [1.807, 2.05) is 22.2 Å². The number of methoxy groups -OCH3 is 2. The van der Waals surface area contributed by atoms with Gasteiger partial charge in [-0.25, -0.2) is 19.6 Å². The Kier molecular flexibility index (Phi) is 8.47. The lowest BCUT2D eigenvalue weighted by Crippen LogP contribution is -2.40.